The maximum Gasteiger partial charge on any atom is 0.416 e. The van der Waals surface area contributed by atoms with E-state index in [0.29, 0.717) is 0 Å². The highest BCUT2D eigenvalue weighted by atomic mass is 19.4. The number of halogens is 3. The van der Waals surface area contributed by atoms with Crippen molar-refractivity contribution in [2.45, 2.75) is 6.18 Å². The number of rotatable bonds is 3. The predicted octanol–water partition coefficient (Wildman–Crippen LogP) is 3.99. The summed E-state index contributed by atoms with van der Waals surface area (Å²) in [5.41, 5.74) is 4.23. The van der Waals surface area contributed by atoms with E-state index in [-0.39, 0.29) is 22.9 Å². The summed E-state index contributed by atoms with van der Waals surface area (Å²) >= 11 is 0. The van der Waals surface area contributed by atoms with Crippen molar-refractivity contribution < 1.29 is 22.8 Å². The molecule has 5 nitrogen and oxygen atoms in total. The topological polar surface area (TPSA) is 78.4 Å². The molecule has 2 rings (SSSR count). The Balaban J connectivity index is 2.27. The molecular weight excluding hydrogens is 289 g/mol. The Morgan fingerprint density at radius 2 is 1.67 bits per heavy atom. The number of non-ortho nitro benzene ring substituents is 1. The molecule has 0 atom stereocenters. The first kappa shape index (κ1) is 14.6. The Bertz CT molecular complexity index is 669. The van der Waals surface area contributed by atoms with Crippen LogP contribution in [0.2, 0.25) is 0 Å². The lowest BCUT2D eigenvalue weighted by Gasteiger charge is -2.11. The molecule has 0 heterocycles. The Kier molecular flexibility index (Phi) is 3.70. The fraction of sp³-hybridized carbons (Fsp3) is 0.0769. The van der Waals surface area contributed by atoms with E-state index >= 15 is 0 Å². The number of nitrogens with zero attached hydrogens (tertiary/aromatic N) is 1. The molecule has 0 unspecified atom stereocenters. The van der Waals surface area contributed by atoms with Crippen molar-refractivity contribution >= 4 is 11.4 Å². The number of nitro groups is 1. The van der Waals surface area contributed by atoms with Gasteiger partial charge in [0.05, 0.1) is 10.5 Å². The minimum absolute atomic E-state index is 0.0956. The molecule has 0 bridgehead atoms. The fourth-order valence-electron chi connectivity index (χ4n) is 1.62. The molecule has 0 aliphatic carbocycles. The zero-order valence-corrected chi connectivity index (χ0v) is 10.4. The normalized spacial score (nSPS) is 11.2. The largest absolute Gasteiger partial charge is 0.457 e. The van der Waals surface area contributed by atoms with E-state index in [1.807, 2.05) is 0 Å². The van der Waals surface area contributed by atoms with Crippen molar-refractivity contribution in [3.8, 4) is 11.5 Å². The van der Waals surface area contributed by atoms with Gasteiger partial charge in [-0.05, 0) is 24.3 Å². The van der Waals surface area contributed by atoms with Gasteiger partial charge in [0, 0.05) is 23.9 Å². The smallest absolute Gasteiger partial charge is 0.416 e. The molecule has 2 aromatic carbocycles. The molecule has 21 heavy (non-hydrogen) atoms. The Morgan fingerprint density at radius 3 is 2.19 bits per heavy atom. The number of anilines is 1. The summed E-state index contributed by atoms with van der Waals surface area (Å²) < 4.78 is 43.2. The maximum atomic E-state index is 12.6. The van der Waals surface area contributed by atoms with Gasteiger partial charge in [-0.15, -0.1) is 0 Å². The van der Waals surface area contributed by atoms with E-state index in [2.05, 4.69) is 0 Å². The average Bonchev–Trinajstić information content (AvgIpc) is 2.37. The lowest BCUT2D eigenvalue weighted by Crippen LogP contribution is -2.06. The van der Waals surface area contributed by atoms with Crippen molar-refractivity contribution in [3.63, 3.8) is 0 Å². The summed E-state index contributed by atoms with van der Waals surface area (Å²) in [6.07, 6.45) is -4.54. The monoisotopic (exact) mass is 298 g/mol. The summed E-state index contributed by atoms with van der Waals surface area (Å²) in [6.45, 7) is 0. The van der Waals surface area contributed by atoms with E-state index in [9.17, 15) is 23.3 Å². The third-order valence-corrected chi connectivity index (χ3v) is 2.54. The minimum Gasteiger partial charge on any atom is -0.457 e. The van der Waals surface area contributed by atoms with Crippen LogP contribution in [0.4, 0.5) is 24.5 Å². The second-order valence-corrected chi connectivity index (χ2v) is 4.14. The number of nitrogens with two attached hydrogens (primary N) is 1. The number of nitrogen functional groups attached to an aromatic ring is 1. The fourth-order valence-corrected chi connectivity index (χ4v) is 1.62. The van der Waals surface area contributed by atoms with Crippen LogP contribution in [0.25, 0.3) is 0 Å². The summed E-state index contributed by atoms with van der Waals surface area (Å²) in [5.74, 6) is 0.0653. The summed E-state index contributed by atoms with van der Waals surface area (Å²) in [7, 11) is 0. The maximum absolute atomic E-state index is 12.6. The van der Waals surface area contributed by atoms with Crippen LogP contribution in [0, 0.1) is 10.1 Å². The van der Waals surface area contributed by atoms with Crippen LogP contribution in [0.15, 0.2) is 42.5 Å². The number of alkyl halides is 3. The van der Waals surface area contributed by atoms with Crippen LogP contribution in [0.5, 0.6) is 11.5 Å². The van der Waals surface area contributed by atoms with Gasteiger partial charge in [0.25, 0.3) is 5.69 Å². The van der Waals surface area contributed by atoms with Gasteiger partial charge in [-0.25, -0.2) is 0 Å². The SMILES string of the molecule is Nc1cc(Oc2ccc([N+](=O)[O-])cc2)cc(C(F)(F)F)c1. The molecule has 0 saturated carbocycles. The minimum atomic E-state index is -4.54. The van der Waals surface area contributed by atoms with Gasteiger partial charge < -0.3 is 10.5 Å². The molecule has 2 aromatic rings. The third kappa shape index (κ3) is 3.62. The molecule has 0 radical (unpaired) electrons. The summed E-state index contributed by atoms with van der Waals surface area (Å²) in [5, 5.41) is 10.5. The zero-order valence-electron chi connectivity index (χ0n) is 10.4. The third-order valence-electron chi connectivity index (χ3n) is 2.54. The second kappa shape index (κ2) is 5.31. The van der Waals surface area contributed by atoms with Crippen molar-refractivity contribution in [3.05, 3.63) is 58.1 Å². The van der Waals surface area contributed by atoms with E-state index in [4.69, 9.17) is 10.5 Å². The Labute approximate surface area is 116 Å². The van der Waals surface area contributed by atoms with E-state index in [1.54, 1.807) is 0 Å². The van der Waals surface area contributed by atoms with Crippen LogP contribution < -0.4 is 10.5 Å². The number of nitro benzene ring substituents is 1. The molecule has 0 saturated heterocycles. The number of hydrogen-bond acceptors (Lipinski definition) is 4. The molecular formula is C13H9F3N2O3. The highest BCUT2D eigenvalue weighted by Crippen LogP contribution is 2.35. The number of benzene rings is 2. The highest BCUT2D eigenvalue weighted by Gasteiger charge is 2.31. The molecule has 8 heteroatoms. The van der Waals surface area contributed by atoms with Crippen molar-refractivity contribution in [1.82, 2.24) is 0 Å². The van der Waals surface area contributed by atoms with Gasteiger partial charge in [0.1, 0.15) is 11.5 Å². The standard InChI is InChI=1S/C13H9F3N2O3/c14-13(15,16)8-5-9(17)7-12(6-8)21-11-3-1-10(2-4-11)18(19)20/h1-7H,17H2. The molecule has 0 spiro atoms. The van der Waals surface area contributed by atoms with E-state index in [1.165, 1.54) is 30.3 Å². The van der Waals surface area contributed by atoms with E-state index < -0.39 is 16.7 Å². The average molecular weight is 298 g/mol. The van der Waals surface area contributed by atoms with Crippen LogP contribution in [0.3, 0.4) is 0 Å². The molecule has 110 valence electrons. The number of ether oxygens (including phenoxy) is 1. The Morgan fingerprint density at radius 1 is 1.05 bits per heavy atom. The van der Waals surface area contributed by atoms with E-state index in [0.717, 1.165) is 12.1 Å². The van der Waals surface area contributed by atoms with Gasteiger partial charge in [0.2, 0.25) is 0 Å². The lowest BCUT2D eigenvalue weighted by atomic mass is 10.2. The van der Waals surface area contributed by atoms with Crippen molar-refractivity contribution in [2.75, 3.05) is 5.73 Å². The van der Waals surface area contributed by atoms with Crippen LogP contribution in [-0.4, -0.2) is 4.92 Å². The molecule has 0 aliphatic rings. The molecule has 0 aliphatic heterocycles. The van der Waals surface area contributed by atoms with Crippen LogP contribution in [-0.2, 0) is 6.18 Å². The lowest BCUT2D eigenvalue weighted by molar-refractivity contribution is -0.384. The highest BCUT2D eigenvalue weighted by molar-refractivity contribution is 5.50. The first-order valence-electron chi connectivity index (χ1n) is 5.66. The predicted molar refractivity (Wildman–Crippen MR) is 69.0 cm³/mol. The quantitative estimate of drug-likeness (QED) is 0.528. The van der Waals surface area contributed by atoms with Crippen molar-refractivity contribution in [1.29, 1.82) is 0 Å². The first-order chi connectivity index (χ1) is 9.75. The van der Waals surface area contributed by atoms with Crippen LogP contribution in [0.1, 0.15) is 5.56 Å². The first-order valence-corrected chi connectivity index (χ1v) is 5.66. The van der Waals surface area contributed by atoms with Gasteiger partial charge in [-0.2, -0.15) is 13.2 Å². The molecule has 0 aromatic heterocycles. The molecule has 2 N–H and O–H groups in total. The van der Waals surface area contributed by atoms with Crippen LogP contribution >= 0.6 is 0 Å². The summed E-state index contributed by atoms with van der Waals surface area (Å²) in [6, 6.07) is 7.78. The summed E-state index contributed by atoms with van der Waals surface area (Å²) in [4.78, 5) is 9.90. The van der Waals surface area contributed by atoms with Gasteiger partial charge >= 0.3 is 6.18 Å². The van der Waals surface area contributed by atoms with Gasteiger partial charge in [0.15, 0.2) is 0 Å². The molecule has 0 fully saturated rings. The van der Waals surface area contributed by atoms with Gasteiger partial charge in [-0.1, -0.05) is 0 Å². The Hall–Kier alpha value is -2.77. The zero-order chi connectivity index (χ0) is 15.6. The van der Waals surface area contributed by atoms with Gasteiger partial charge in [-0.3, -0.25) is 10.1 Å². The van der Waals surface area contributed by atoms with Crippen molar-refractivity contribution in [2.24, 2.45) is 0 Å². The molecule has 0 amide bonds. The number of hydrogen-bond donors (Lipinski definition) is 1. The second-order valence-electron chi connectivity index (χ2n) is 4.14.